The summed E-state index contributed by atoms with van der Waals surface area (Å²) < 4.78 is 5.14. The standard InChI is InChI=1S/C16H18N2O2/c1-12(19)16-9-6-14(10-17-16)18(2)11-13-4-7-15(20-3)8-5-13/h4-10H,11H2,1-3H3. The van der Waals surface area contributed by atoms with Crippen molar-refractivity contribution in [1.29, 1.82) is 0 Å². The Morgan fingerprint density at radius 1 is 1.20 bits per heavy atom. The normalized spacial score (nSPS) is 10.2. The average Bonchev–Trinajstić information content (AvgIpc) is 2.48. The molecule has 1 aromatic heterocycles. The first-order chi connectivity index (χ1) is 9.60. The number of Topliss-reactive ketones (excluding diaryl/α,β-unsaturated/α-hetero) is 1. The Morgan fingerprint density at radius 2 is 1.90 bits per heavy atom. The number of rotatable bonds is 5. The lowest BCUT2D eigenvalue weighted by molar-refractivity contribution is 0.101. The van der Waals surface area contributed by atoms with Gasteiger partial charge in [-0.3, -0.25) is 9.78 Å². The topological polar surface area (TPSA) is 42.4 Å². The molecular weight excluding hydrogens is 252 g/mol. The molecule has 104 valence electrons. The molecule has 0 saturated carbocycles. The van der Waals surface area contributed by atoms with Crippen LogP contribution in [0.25, 0.3) is 0 Å². The summed E-state index contributed by atoms with van der Waals surface area (Å²) in [5.74, 6) is 0.832. The molecule has 2 rings (SSSR count). The lowest BCUT2D eigenvalue weighted by atomic mass is 10.2. The summed E-state index contributed by atoms with van der Waals surface area (Å²) in [6, 6.07) is 11.6. The maximum Gasteiger partial charge on any atom is 0.178 e. The monoisotopic (exact) mass is 270 g/mol. The number of ether oxygens (including phenoxy) is 1. The predicted octanol–water partition coefficient (Wildman–Crippen LogP) is 2.93. The van der Waals surface area contributed by atoms with Gasteiger partial charge < -0.3 is 9.64 Å². The minimum Gasteiger partial charge on any atom is -0.497 e. The highest BCUT2D eigenvalue weighted by molar-refractivity contribution is 5.92. The van der Waals surface area contributed by atoms with Crippen molar-refractivity contribution >= 4 is 11.5 Å². The summed E-state index contributed by atoms with van der Waals surface area (Å²) in [6.45, 7) is 2.29. The molecule has 1 aromatic carbocycles. The van der Waals surface area contributed by atoms with Gasteiger partial charge in [0, 0.05) is 20.5 Å². The van der Waals surface area contributed by atoms with E-state index in [1.54, 1.807) is 19.4 Å². The number of anilines is 1. The van der Waals surface area contributed by atoms with Gasteiger partial charge in [-0.05, 0) is 29.8 Å². The Kier molecular flexibility index (Phi) is 4.35. The third-order valence-electron chi connectivity index (χ3n) is 3.13. The number of hydrogen-bond acceptors (Lipinski definition) is 4. The predicted molar refractivity (Wildman–Crippen MR) is 79.3 cm³/mol. The molecule has 0 fully saturated rings. The van der Waals surface area contributed by atoms with Gasteiger partial charge in [0.1, 0.15) is 11.4 Å². The Bertz CT molecular complexity index is 576. The van der Waals surface area contributed by atoms with E-state index in [9.17, 15) is 4.79 Å². The zero-order chi connectivity index (χ0) is 14.5. The van der Waals surface area contributed by atoms with Crippen LogP contribution >= 0.6 is 0 Å². The first-order valence-corrected chi connectivity index (χ1v) is 6.41. The fraction of sp³-hybridized carbons (Fsp3) is 0.250. The Balaban J connectivity index is 2.06. The van der Waals surface area contributed by atoms with E-state index < -0.39 is 0 Å². The quantitative estimate of drug-likeness (QED) is 0.783. The second kappa shape index (κ2) is 6.19. The highest BCUT2D eigenvalue weighted by Crippen LogP contribution is 2.17. The summed E-state index contributed by atoms with van der Waals surface area (Å²) in [6.07, 6.45) is 1.72. The molecule has 0 unspecified atom stereocenters. The van der Waals surface area contributed by atoms with Crippen LogP contribution in [0.5, 0.6) is 5.75 Å². The van der Waals surface area contributed by atoms with E-state index in [1.165, 1.54) is 12.5 Å². The van der Waals surface area contributed by atoms with E-state index in [0.29, 0.717) is 5.69 Å². The van der Waals surface area contributed by atoms with Crippen molar-refractivity contribution in [3.05, 3.63) is 53.9 Å². The van der Waals surface area contributed by atoms with Gasteiger partial charge in [-0.25, -0.2) is 0 Å². The van der Waals surface area contributed by atoms with E-state index in [0.717, 1.165) is 18.0 Å². The second-order valence-electron chi connectivity index (χ2n) is 4.66. The second-order valence-corrected chi connectivity index (χ2v) is 4.66. The molecule has 1 heterocycles. The Hall–Kier alpha value is -2.36. The van der Waals surface area contributed by atoms with Crippen molar-refractivity contribution in [2.75, 3.05) is 19.1 Å². The average molecular weight is 270 g/mol. The lowest BCUT2D eigenvalue weighted by Crippen LogP contribution is -2.16. The maximum atomic E-state index is 11.2. The number of methoxy groups -OCH3 is 1. The Labute approximate surface area is 119 Å². The number of aromatic nitrogens is 1. The van der Waals surface area contributed by atoms with Crippen LogP contribution in [0.1, 0.15) is 23.0 Å². The molecular formula is C16H18N2O2. The van der Waals surface area contributed by atoms with Gasteiger partial charge in [-0.1, -0.05) is 12.1 Å². The van der Waals surface area contributed by atoms with Crippen LogP contribution in [0.15, 0.2) is 42.6 Å². The van der Waals surface area contributed by atoms with E-state index in [-0.39, 0.29) is 5.78 Å². The molecule has 0 aliphatic heterocycles. The largest absolute Gasteiger partial charge is 0.497 e. The van der Waals surface area contributed by atoms with Crippen LogP contribution in [-0.4, -0.2) is 24.9 Å². The molecule has 0 N–H and O–H groups in total. The number of nitrogens with zero attached hydrogens (tertiary/aromatic N) is 2. The SMILES string of the molecule is COc1ccc(CN(C)c2ccc(C(C)=O)nc2)cc1. The highest BCUT2D eigenvalue weighted by atomic mass is 16.5. The van der Waals surface area contributed by atoms with Gasteiger partial charge in [0.15, 0.2) is 5.78 Å². The van der Waals surface area contributed by atoms with E-state index in [2.05, 4.69) is 9.88 Å². The van der Waals surface area contributed by atoms with Gasteiger partial charge in [0.25, 0.3) is 0 Å². The molecule has 0 atom stereocenters. The number of carbonyl (C=O) groups is 1. The number of hydrogen-bond donors (Lipinski definition) is 0. The summed E-state index contributed by atoms with van der Waals surface area (Å²) in [7, 11) is 3.65. The fourth-order valence-corrected chi connectivity index (χ4v) is 1.92. The van der Waals surface area contributed by atoms with Gasteiger partial charge in [-0.15, -0.1) is 0 Å². The first kappa shape index (κ1) is 14.1. The van der Waals surface area contributed by atoms with Gasteiger partial charge >= 0.3 is 0 Å². The van der Waals surface area contributed by atoms with E-state index >= 15 is 0 Å². The van der Waals surface area contributed by atoms with Crippen LogP contribution in [0.3, 0.4) is 0 Å². The number of pyridine rings is 1. The van der Waals surface area contributed by atoms with Crippen LogP contribution in [0, 0.1) is 0 Å². The molecule has 2 aromatic rings. The molecule has 0 aliphatic carbocycles. The number of ketones is 1. The van der Waals surface area contributed by atoms with Crippen LogP contribution in [0.4, 0.5) is 5.69 Å². The van der Waals surface area contributed by atoms with Crippen molar-refractivity contribution in [3.63, 3.8) is 0 Å². The Morgan fingerprint density at radius 3 is 2.40 bits per heavy atom. The third-order valence-corrected chi connectivity index (χ3v) is 3.13. The molecule has 0 saturated heterocycles. The molecule has 0 bridgehead atoms. The van der Waals surface area contributed by atoms with E-state index in [4.69, 9.17) is 4.74 Å². The molecule has 4 heteroatoms. The molecule has 20 heavy (non-hydrogen) atoms. The van der Waals surface area contributed by atoms with Gasteiger partial charge in [-0.2, -0.15) is 0 Å². The maximum absolute atomic E-state index is 11.2. The summed E-state index contributed by atoms with van der Waals surface area (Å²) in [5.41, 5.74) is 2.65. The fourth-order valence-electron chi connectivity index (χ4n) is 1.92. The third kappa shape index (κ3) is 3.35. The zero-order valence-electron chi connectivity index (χ0n) is 12.0. The van der Waals surface area contributed by atoms with Crippen LogP contribution < -0.4 is 9.64 Å². The summed E-state index contributed by atoms with van der Waals surface area (Å²) in [4.78, 5) is 17.4. The van der Waals surface area contributed by atoms with Crippen LogP contribution in [-0.2, 0) is 6.54 Å². The molecule has 4 nitrogen and oxygen atoms in total. The number of benzene rings is 1. The van der Waals surface area contributed by atoms with Gasteiger partial charge in [0.05, 0.1) is 19.0 Å². The van der Waals surface area contributed by atoms with E-state index in [1.807, 2.05) is 37.4 Å². The molecule has 0 amide bonds. The van der Waals surface area contributed by atoms with Crippen LogP contribution in [0.2, 0.25) is 0 Å². The molecule has 0 aliphatic rings. The van der Waals surface area contributed by atoms with Crippen molar-refractivity contribution in [2.45, 2.75) is 13.5 Å². The van der Waals surface area contributed by atoms with Crippen molar-refractivity contribution in [1.82, 2.24) is 4.98 Å². The van der Waals surface area contributed by atoms with Gasteiger partial charge in [0.2, 0.25) is 0 Å². The zero-order valence-corrected chi connectivity index (χ0v) is 12.0. The molecule has 0 radical (unpaired) electrons. The minimum atomic E-state index is -0.0191. The minimum absolute atomic E-state index is 0.0191. The van der Waals surface area contributed by atoms with Crippen molar-refractivity contribution < 1.29 is 9.53 Å². The molecule has 0 spiro atoms. The van der Waals surface area contributed by atoms with Crippen molar-refractivity contribution in [3.8, 4) is 5.75 Å². The highest BCUT2D eigenvalue weighted by Gasteiger charge is 2.05. The van der Waals surface area contributed by atoms with Crippen molar-refractivity contribution in [2.24, 2.45) is 0 Å². The summed E-state index contributed by atoms with van der Waals surface area (Å²) in [5, 5.41) is 0. The first-order valence-electron chi connectivity index (χ1n) is 6.41. The number of carbonyl (C=O) groups excluding carboxylic acids is 1. The lowest BCUT2D eigenvalue weighted by Gasteiger charge is -2.19. The summed E-state index contributed by atoms with van der Waals surface area (Å²) >= 11 is 0. The smallest absolute Gasteiger partial charge is 0.178 e.